The van der Waals surface area contributed by atoms with E-state index >= 15 is 0 Å². The summed E-state index contributed by atoms with van der Waals surface area (Å²) in [6, 6.07) is 9.79. The van der Waals surface area contributed by atoms with Crippen LogP contribution in [0.25, 0.3) is 0 Å². The van der Waals surface area contributed by atoms with Gasteiger partial charge in [0.25, 0.3) is 0 Å². The largest absolute Gasteiger partial charge is 0.393 e. The summed E-state index contributed by atoms with van der Waals surface area (Å²) in [6.07, 6.45) is 0.741. The first kappa shape index (κ1) is 15.5. The van der Waals surface area contributed by atoms with Crippen LogP contribution in [-0.2, 0) is 0 Å². The van der Waals surface area contributed by atoms with E-state index in [-0.39, 0.29) is 17.2 Å². The maximum Gasteiger partial charge on any atom is 0.0917 e. The molecule has 2 rings (SSSR count). The number of rotatable bonds is 3. The summed E-state index contributed by atoms with van der Waals surface area (Å²) < 4.78 is 0. The molecule has 1 aliphatic heterocycles. The molecule has 0 amide bonds. The Morgan fingerprint density at radius 3 is 2.10 bits per heavy atom. The second-order valence-corrected chi connectivity index (χ2v) is 7.22. The lowest BCUT2D eigenvalue weighted by Crippen LogP contribution is -2.62. The fourth-order valence-electron chi connectivity index (χ4n) is 3.71. The lowest BCUT2D eigenvalue weighted by Gasteiger charge is -2.55. The van der Waals surface area contributed by atoms with Gasteiger partial charge < -0.3 is 10.2 Å². The van der Waals surface area contributed by atoms with Crippen molar-refractivity contribution in [2.75, 3.05) is 6.54 Å². The quantitative estimate of drug-likeness (QED) is 0.893. The average molecular weight is 277 g/mol. The number of benzene rings is 1. The molecule has 3 nitrogen and oxygen atoms in total. The number of piperidine rings is 1. The maximum absolute atomic E-state index is 10.5. The standard InChI is InChI=1S/C17H27NO2/c1-16(2)10-14(19)11-17(3,4)18(16)12-15(20)13-8-6-5-7-9-13/h5-9,14-15,19-20H,10-12H2,1-4H3. The van der Waals surface area contributed by atoms with Crippen LogP contribution >= 0.6 is 0 Å². The average Bonchev–Trinajstić information content (AvgIpc) is 2.33. The van der Waals surface area contributed by atoms with Gasteiger partial charge in [-0.2, -0.15) is 0 Å². The van der Waals surface area contributed by atoms with Crippen LogP contribution in [0.1, 0.15) is 52.2 Å². The zero-order valence-electron chi connectivity index (χ0n) is 13.0. The lowest BCUT2D eigenvalue weighted by molar-refractivity contribution is -0.0971. The molecule has 1 atom stereocenters. The Morgan fingerprint density at radius 2 is 1.60 bits per heavy atom. The van der Waals surface area contributed by atoms with Crippen molar-refractivity contribution in [1.29, 1.82) is 0 Å². The van der Waals surface area contributed by atoms with Crippen LogP contribution in [0, 0.1) is 0 Å². The second-order valence-electron chi connectivity index (χ2n) is 7.22. The molecule has 0 spiro atoms. The second kappa shape index (κ2) is 5.47. The van der Waals surface area contributed by atoms with Crippen molar-refractivity contribution in [2.24, 2.45) is 0 Å². The van der Waals surface area contributed by atoms with Gasteiger partial charge >= 0.3 is 0 Å². The Hall–Kier alpha value is -0.900. The summed E-state index contributed by atoms with van der Waals surface area (Å²) in [7, 11) is 0. The van der Waals surface area contributed by atoms with E-state index < -0.39 is 6.10 Å². The van der Waals surface area contributed by atoms with Crippen molar-refractivity contribution in [3.8, 4) is 0 Å². The van der Waals surface area contributed by atoms with Crippen molar-refractivity contribution in [3.05, 3.63) is 35.9 Å². The molecule has 1 unspecified atom stereocenters. The first-order valence-corrected chi connectivity index (χ1v) is 7.41. The molecule has 1 heterocycles. The van der Waals surface area contributed by atoms with Crippen molar-refractivity contribution < 1.29 is 10.2 Å². The van der Waals surface area contributed by atoms with E-state index in [2.05, 4.69) is 32.6 Å². The van der Waals surface area contributed by atoms with Gasteiger partial charge in [0.15, 0.2) is 0 Å². The fourth-order valence-corrected chi connectivity index (χ4v) is 3.71. The molecule has 2 N–H and O–H groups in total. The van der Waals surface area contributed by atoms with Crippen molar-refractivity contribution in [2.45, 2.75) is 63.8 Å². The van der Waals surface area contributed by atoms with Crippen LogP contribution in [0.15, 0.2) is 30.3 Å². The molecule has 3 heteroatoms. The molecule has 0 bridgehead atoms. The third-order valence-corrected chi connectivity index (χ3v) is 4.47. The van der Waals surface area contributed by atoms with E-state index in [4.69, 9.17) is 0 Å². The number of aliphatic hydroxyl groups excluding tert-OH is 2. The number of hydrogen-bond acceptors (Lipinski definition) is 3. The van der Waals surface area contributed by atoms with Crippen LogP contribution < -0.4 is 0 Å². The highest BCUT2D eigenvalue weighted by molar-refractivity contribution is 5.18. The van der Waals surface area contributed by atoms with E-state index in [9.17, 15) is 10.2 Å². The van der Waals surface area contributed by atoms with Gasteiger partial charge in [-0.1, -0.05) is 30.3 Å². The van der Waals surface area contributed by atoms with Crippen LogP contribution in [-0.4, -0.2) is 38.8 Å². The molecule has 1 saturated heterocycles. The van der Waals surface area contributed by atoms with Crippen LogP contribution in [0.3, 0.4) is 0 Å². The molecule has 1 aliphatic rings. The summed E-state index contributed by atoms with van der Waals surface area (Å²) in [5.41, 5.74) is 0.721. The van der Waals surface area contributed by atoms with Gasteiger partial charge in [0.1, 0.15) is 0 Å². The van der Waals surface area contributed by atoms with E-state index in [0.717, 1.165) is 18.4 Å². The topological polar surface area (TPSA) is 43.7 Å². The third kappa shape index (κ3) is 3.22. The Bertz CT molecular complexity index is 424. The summed E-state index contributed by atoms with van der Waals surface area (Å²) in [5, 5.41) is 20.6. The fraction of sp³-hybridized carbons (Fsp3) is 0.647. The number of likely N-dealkylation sites (tertiary alicyclic amines) is 1. The zero-order chi connectivity index (χ0) is 15.0. The lowest BCUT2D eigenvalue weighted by atomic mass is 9.78. The summed E-state index contributed by atoms with van der Waals surface area (Å²) in [5.74, 6) is 0. The molecule has 0 saturated carbocycles. The summed E-state index contributed by atoms with van der Waals surface area (Å²) in [6.45, 7) is 9.18. The highest BCUT2D eigenvalue weighted by Crippen LogP contribution is 2.39. The molecule has 0 aromatic heterocycles. The number of β-amino-alcohol motifs (C(OH)–C–C–N with tert-alkyl or cyclic N) is 1. The van der Waals surface area contributed by atoms with E-state index in [1.54, 1.807) is 0 Å². The molecule has 20 heavy (non-hydrogen) atoms. The highest BCUT2D eigenvalue weighted by Gasteiger charge is 2.45. The van der Waals surface area contributed by atoms with Crippen LogP contribution in [0.4, 0.5) is 0 Å². The monoisotopic (exact) mass is 277 g/mol. The summed E-state index contributed by atoms with van der Waals surface area (Å²) in [4.78, 5) is 2.34. The van der Waals surface area contributed by atoms with E-state index in [1.807, 2.05) is 30.3 Å². The molecular weight excluding hydrogens is 250 g/mol. The third-order valence-electron chi connectivity index (χ3n) is 4.47. The smallest absolute Gasteiger partial charge is 0.0917 e. The number of aliphatic hydroxyl groups is 2. The van der Waals surface area contributed by atoms with E-state index in [0.29, 0.717) is 6.54 Å². The van der Waals surface area contributed by atoms with Crippen molar-refractivity contribution in [3.63, 3.8) is 0 Å². The molecular formula is C17H27NO2. The van der Waals surface area contributed by atoms with Crippen LogP contribution in [0.2, 0.25) is 0 Å². The molecule has 0 radical (unpaired) electrons. The summed E-state index contributed by atoms with van der Waals surface area (Å²) >= 11 is 0. The van der Waals surface area contributed by atoms with E-state index in [1.165, 1.54) is 0 Å². The number of hydrogen-bond donors (Lipinski definition) is 2. The van der Waals surface area contributed by atoms with Gasteiger partial charge in [0.05, 0.1) is 12.2 Å². The highest BCUT2D eigenvalue weighted by atomic mass is 16.3. The normalized spacial score (nSPS) is 24.5. The van der Waals surface area contributed by atoms with Crippen LogP contribution in [0.5, 0.6) is 0 Å². The maximum atomic E-state index is 10.5. The van der Waals surface area contributed by atoms with Crippen molar-refractivity contribution >= 4 is 0 Å². The minimum absolute atomic E-state index is 0.114. The van der Waals surface area contributed by atoms with Gasteiger partial charge in [0.2, 0.25) is 0 Å². The van der Waals surface area contributed by atoms with Gasteiger partial charge in [-0.15, -0.1) is 0 Å². The minimum atomic E-state index is -0.495. The predicted molar refractivity (Wildman–Crippen MR) is 81.5 cm³/mol. The Balaban J connectivity index is 2.18. The van der Waals surface area contributed by atoms with Gasteiger partial charge in [-0.3, -0.25) is 4.90 Å². The Kier molecular flexibility index (Phi) is 4.24. The first-order valence-electron chi connectivity index (χ1n) is 7.41. The molecule has 1 fully saturated rings. The Morgan fingerprint density at radius 1 is 1.10 bits per heavy atom. The van der Waals surface area contributed by atoms with Gasteiger partial charge in [-0.05, 0) is 46.1 Å². The van der Waals surface area contributed by atoms with Gasteiger partial charge in [0, 0.05) is 17.6 Å². The number of nitrogens with zero attached hydrogens (tertiary/aromatic N) is 1. The van der Waals surface area contributed by atoms with Gasteiger partial charge in [-0.25, -0.2) is 0 Å². The SMILES string of the molecule is CC1(C)CC(O)CC(C)(C)N1CC(O)c1ccccc1. The minimum Gasteiger partial charge on any atom is -0.393 e. The molecule has 1 aromatic carbocycles. The molecule has 0 aliphatic carbocycles. The first-order chi connectivity index (χ1) is 9.22. The molecule has 112 valence electrons. The molecule has 1 aromatic rings. The predicted octanol–water partition coefficient (Wildman–Crippen LogP) is 2.73. The van der Waals surface area contributed by atoms with Crippen molar-refractivity contribution in [1.82, 2.24) is 4.90 Å². The Labute approximate surface area is 122 Å². The zero-order valence-corrected chi connectivity index (χ0v) is 13.0.